The van der Waals surface area contributed by atoms with Gasteiger partial charge in [-0.15, -0.1) is 0 Å². The third kappa shape index (κ3) is 9.60. The molecular formula is C25H35N3O9S. The van der Waals surface area contributed by atoms with E-state index in [1.54, 1.807) is 6.08 Å². The highest BCUT2D eigenvalue weighted by Gasteiger charge is 2.45. The number of aliphatic carboxylic acids is 2. The van der Waals surface area contributed by atoms with E-state index in [2.05, 4.69) is 10.6 Å². The number of carbonyl (C=O) groups is 6. The van der Waals surface area contributed by atoms with E-state index < -0.39 is 48.3 Å². The van der Waals surface area contributed by atoms with Crippen LogP contribution in [0.3, 0.4) is 0 Å². The first kappa shape index (κ1) is 31.0. The summed E-state index contributed by atoms with van der Waals surface area (Å²) in [6.45, 7) is 2.86. The Morgan fingerprint density at radius 1 is 1.26 bits per heavy atom. The lowest BCUT2D eigenvalue weighted by molar-refractivity contribution is -0.144. The number of hydrogen-bond acceptors (Lipinski definition) is 9. The predicted molar refractivity (Wildman–Crippen MR) is 138 cm³/mol. The first-order valence-corrected chi connectivity index (χ1v) is 13.5. The molecule has 1 aliphatic carbocycles. The first-order valence-electron chi connectivity index (χ1n) is 12.3. The average molecular weight is 554 g/mol. The van der Waals surface area contributed by atoms with Crippen molar-refractivity contribution in [3.63, 3.8) is 0 Å². The molecule has 2 amide bonds. The van der Waals surface area contributed by atoms with Crippen molar-refractivity contribution in [2.45, 2.75) is 57.7 Å². The van der Waals surface area contributed by atoms with Crippen LogP contribution in [0.2, 0.25) is 0 Å². The summed E-state index contributed by atoms with van der Waals surface area (Å²) >= 11 is 1.25. The third-order valence-electron chi connectivity index (χ3n) is 6.50. The van der Waals surface area contributed by atoms with Crippen LogP contribution >= 0.6 is 11.8 Å². The van der Waals surface area contributed by atoms with Crippen molar-refractivity contribution in [2.24, 2.45) is 23.5 Å². The van der Waals surface area contributed by atoms with E-state index in [4.69, 9.17) is 20.7 Å². The maximum atomic E-state index is 12.6. The fraction of sp³-hybridized carbons (Fsp3) is 0.600. The van der Waals surface area contributed by atoms with Crippen LogP contribution in [0.4, 0.5) is 0 Å². The Bertz CT molecular complexity index is 997. The summed E-state index contributed by atoms with van der Waals surface area (Å²) in [6.07, 6.45) is 5.92. The minimum absolute atomic E-state index is 0.0537. The van der Waals surface area contributed by atoms with Gasteiger partial charge in [-0.05, 0) is 43.8 Å². The number of ketones is 1. The molecule has 0 saturated carbocycles. The fourth-order valence-corrected chi connectivity index (χ4v) is 5.59. The lowest BCUT2D eigenvalue weighted by Crippen LogP contribution is -2.49. The molecule has 0 aromatic rings. The number of rotatable bonds is 14. The molecule has 38 heavy (non-hydrogen) atoms. The topological polar surface area (TPSA) is 202 Å². The molecule has 0 bridgehead atoms. The van der Waals surface area contributed by atoms with E-state index in [1.807, 2.05) is 13.0 Å². The van der Waals surface area contributed by atoms with Gasteiger partial charge in [0.2, 0.25) is 11.8 Å². The minimum Gasteiger partial charge on any atom is -0.480 e. The normalized spacial score (nSPS) is 24.4. The summed E-state index contributed by atoms with van der Waals surface area (Å²) in [6, 6.07) is -2.33. The van der Waals surface area contributed by atoms with E-state index in [0.29, 0.717) is 18.6 Å². The predicted octanol–water partition coefficient (Wildman–Crippen LogP) is 0.257. The van der Waals surface area contributed by atoms with Crippen LogP contribution in [0.5, 0.6) is 0 Å². The molecule has 12 nitrogen and oxygen atoms in total. The lowest BCUT2D eigenvalue weighted by atomic mass is 9.87. The van der Waals surface area contributed by atoms with Gasteiger partial charge in [0, 0.05) is 23.8 Å². The van der Waals surface area contributed by atoms with Crippen LogP contribution in [0.25, 0.3) is 0 Å². The zero-order chi connectivity index (χ0) is 28.4. The molecule has 13 heteroatoms. The summed E-state index contributed by atoms with van der Waals surface area (Å²) in [5, 5.41) is 22.4. The molecule has 1 heterocycles. The number of fused-ring (bicyclic) bond motifs is 1. The standard InChI is InChI=1S/C25H35N3O9S/c1-13-9-20-16(6-5-15(13)4-3-14(2)29)17(25(36)37-20)11-38-12-19(23(33)27-10-22(31)32)28-21(30)8-7-18(26)24(34)35/h3-5,13,16-20H,6-12,26H2,1-2H3,(H,27,33)(H,28,30)(H,31,32)(H,34,35)/b4-3+/t13?,16-,17?,18+,19+,20-/m1/s1. The van der Waals surface area contributed by atoms with Crippen LogP contribution in [0.1, 0.15) is 39.5 Å². The maximum Gasteiger partial charge on any atom is 0.322 e. The average Bonchev–Trinajstić information content (AvgIpc) is 3.03. The van der Waals surface area contributed by atoms with E-state index in [-0.39, 0.29) is 48.3 Å². The van der Waals surface area contributed by atoms with E-state index >= 15 is 0 Å². The number of ether oxygens (including phenoxy) is 1. The molecule has 0 spiro atoms. The maximum absolute atomic E-state index is 12.6. The van der Waals surface area contributed by atoms with Crippen molar-refractivity contribution in [3.05, 3.63) is 23.8 Å². The Hall–Kier alpha value is -3.19. The van der Waals surface area contributed by atoms with Gasteiger partial charge in [-0.25, -0.2) is 0 Å². The number of amides is 2. The van der Waals surface area contributed by atoms with Crippen LogP contribution in [-0.4, -0.2) is 82.0 Å². The molecule has 6 atom stereocenters. The van der Waals surface area contributed by atoms with Crippen molar-refractivity contribution >= 4 is 47.3 Å². The van der Waals surface area contributed by atoms with Gasteiger partial charge in [0.05, 0.1) is 5.92 Å². The van der Waals surface area contributed by atoms with Gasteiger partial charge in [-0.3, -0.25) is 28.8 Å². The number of nitrogens with one attached hydrogen (secondary N) is 2. The molecule has 1 saturated heterocycles. The number of nitrogens with two attached hydrogens (primary N) is 1. The number of carboxylic acids is 2. The molecule has 2 unspecified atom stereocenters. The van der Waals surface area contributed by atoms with Crippen molar-refractivity contribution in [3.8, 4) is 0 Å². The summed E-state index contributed by atoms with van der Waals surface area (Å²) in [5.41, 5.74) is 6.43. The highest BCUT2D eigenvalue weighted by molar-refractivity contribution is 7.99. The Morgan fingerprint density at radius 2 is 1.97 bits per heavy atom. The fourth-order valence-electron chi connectivity index (χ4n) is 4.35. The molecule has 1 aliphatic heterocycles. The highest BCUT2D eigenvalue weighted by Crippen LogP contribution is 2.40. The molecule has 0 aromatic heterocycles. The largest absolute Gasteiger partial charge is 0.480 e. The number of esters is 1. The van der Waals surface area contributed by atoms with Crippen LogP contribution < -0.4 is 16.4 Å². The molecule has 2 rings (SSSR count). The van der Waals surface area contributed by atoms with E-state index in [1.165, 1.54) is 24.8 Å². The third-order valence-corrected chi connectivity index (χ3v) is 7.67. The lowest BCUT2D eigenvalue weighted by Gasteiger charge is -2.21. The van der Waals surface area contributed by atoms with Crippen molar-refractivity contribution in [1.29, 1.82) is 0 Å². The Balaban J connectivity index is 2.01. The monoisotopic (exact) mass is 553 g/mol. The second-order valence-electron chi connectivity index (χ2n) is 9.52. The van der Waals surface area contributed by atoms with Gasteiger partial charge in [-0.2, -0.15) is 11.8 Å². The van der Waals surface area contributed by atoms with Crippen molar-refractivity contribution < 1.29 is 43.7 Å². The van der Waals surface area contributed by atoms with Gasteiger partial charge < -0.3 is 31.3 Å². The molecule has 0 radical (unpaired) electrons. The second kappa shape index (κ2) is 14.7. The Labute approximate surface area is 224 Å². The van der Waals surface area contributed by atoms with Gasteiger partial charge >= 0.3 is 17.9 Å². The van der Waals surface area contributed by atoms with Crippen LogP contribution in [0.15, 0.2) is 23.8 Å². The number of allylic oxidation sites excluding steroid dienone is 4. The molecule has 0 aromatic carbocycles. The Morgan fingerprint density at radius 3 is 2.61 bits per heavy atom. The molecule has 6 N–H and O–H groups in total. The zero-order valence-electron chi connectivity index (χ0n) is 21.4. The number of hydrogen-bond donors (Lipinski definition) is 5. The summed E-state index contributed by atoms with van der Waals surface area (Å²) in [4.78, 5) is 70.5. The first-order chi connectivity index (χ1) is 17.9. The Kier molecular flexibility index (Phi) is 12.0. The summed E-state index contributed by atoms with van der Waals surface area (Å²) in [7, 11) is 0. The van der Waals surface area contributed by atoms with Crippen LogP contribution in [-0.2, 0) is 33.5 Å². The SMILES string of the molecule is CC(=O)/C=C/C1=CC[C@@H]2C(CSC[C@H](NC(=O)CC[C@H](N)C(=O)O)C(=O)NCC(=O)O)C(=O)O[C@@H]2CC1C. The van der Waals surface area contributed by atoms with Crippen LogP contribution in [0, 0.1) is 17.8 Å². The molecule has 2 aliphatic rings. The van der Waals surface area contributed by atoms with Crippen molar-refractivity contribution in [1.82, 2.24) is 10.6 Å². The van der Waals surface area contributed by atoms with E-state index in [0.717, 1.165) is 5.57 Å². The highest BCUT2D eigenvalue weighted by atomic mass is 32.2. The van der Waals surface area contributed by atoms with E-state index in [9.17, 15) is 28.8 Å². The summed E-state index contributed by atoms with van der Waals surface area (Å²) in [5.74, 6) is -4.23. The van der Waals surface area contributed by atoms with Gasteiger partial charge in [-0.1, -0.05) is 19.1 Å². The number of thioether (sulfide) groups is 1. The quantitative estimate of drug-likeness (QED) is 0.146. The molecule has 210 valence electrons. The molecule has 1 fully saturated rings. The van der Waals surface area contributed by atoms with Gasteiger partial charge in [0.25, 0.3) is 0 Å². The second-order valence-corrected chi connectivity index (χ2v) is 10.6. The summed E-state index contributed by atoms with van der Waals surface area (Å²) < 4.78 is 5.66. The minimum atomic E-state index is -1.25. The van der Waals surface area contributed by atoms with Crippen molar-refractivity contribution in [2.75, 3.05) is 18.1 Å². The smallest absolute Gasteiger partial charge is 0.322 e. The number of carboxylic acid groups (broad SMARTS) is 2. The number of carbonyl (C=O) groups excluding carboxylic acids is 4. The zero-order valence-corrected chi connectivity index (χ0v) is 22.2. The molecular weight excluding hydrogens is 518 g/mol. The van der Waals surface area contributed by atoms with Gasteiger partial charge in [0.15, 0.2) is 5.78 Å². The van der Waals surface area contributed by atoms with Gasteiger partial charge in [0.1, 0.15) is 24.7 Å².